The number of hydrogen-bond donors (Lipinski definition) is 2. The smallest absolute Gasteiger partial charge is 0.146 e. The number of nitrogens with one attached hydrogen (secondary N) is 2. The molecule has 0 radical (unpaired) electrons. The van der Waals surface area contributed by atoms with E-state index >= 15 is 0 Å². The van der Waals surface area contributed by atoms with Crippen LogP contribution >= 0.6 is 11.6 Å². The Bertz CT molecular complexity index is 780. The average molecular weight is 340 g/mol. The summed E-state index contributed by atoms with van der Waals surface area (Å²) in [6, 6.07) is 16.9. The number of hydrogen-bond acceptors (Lipinski definition) is 3. The Morgan fingerprint density at radius 2 is 1.71 bits per heavy atom. The Hall–Kier alpha value is -2.26. The summed E-state index contributed by atoms with van der Waals surface area (Å²) in [4.78, 5) is 4.71. The van der Waals surface area contributed by atoms with E-state index in [2.05, 4.69) is 53.1 Å². The van der Waals surface area contributed by atoms with Crippen LogP contribution < -0.4 is 10.6 Å². The summed E-state index contributed by atoms with van der Waals surface area (Å²) in [6.45, 7) is 3.93. The van der Waals surface area contributed by atoms with Crippen LogP contribution in [0.15, 0.2) is 64.6 Å². The van der Waals surface area contributed by atoms with E-state index in [0.29, 0.717) is 10.9 Å². The van der Waals surface area contributed by atoms with E-state index in [9.17, 15) is 0 Å². The van der Waals surface area contributed by atoms with Gasteiger partial charge >= 0.3 is 0 Å². The van der Waals surface area contributed by atoms with Gasteiger partial charge in [0.1, 0.15) is 12.0 Å². The molecule has 2 N–H and O–H groups in total. The molecule has 24 heavy (non-hydrogen) atoms. The molecule has 1 unspecified atom stereocenters. The quantitative estimate of drug-likeness (QED) is 0.749. The second-order valence-corrected chi connectivity index (χ2v) is 6.37. The fourth-order valence-corrected chi connectivity index (χ4v) is 2.90. The van der Waals surface area contributed by atoms with Gasteiger partial charge in [-0.25, -0.2) is 4.99 Å². The standard InChI is InChI=1S/C20H22ClN3/c1-3-19(21)20-23-14(2)22-17-8-4-6-15(12-17)10-11-16-7-5-9-18(13-16)24-20/h3-9,12-14,22H,10-11H2,1-2H3,(H,23,24)/b19-3+. The van der Waals surface area contributed by atoms with Crippen molar-refractivity contribution in [2.75, 3.05) is 10.6 Å². The van der Waals surface area contributed by atoms with E-state index in [0.717, 1.165) is 24.2 Å². The molecule has 4 heteroatoms. The first-order valence-corrected chi connectivity index (χ1v) is 8.63. The molecule has 0 aliphatic carbocycles. The van der Waals surface area contributed by atoms with E-state index in [1.165, 1.54) is 11.1 Å². The molecule has 2 aromatic carbocycles. The van der Waals surface area contributed by atoms with Crippen LogP contribution in [0.2, 0.25) is 0 Å². The van der Waals surface area contributed by atoms with Crippen LogP contribution in [0.1, 0.15) is 25.0 Å². The predicted octanol–water partition coefficient (Wildman–Crippen LogP) is 5.20. The van der Waals surface area contributed by atoms with E-state index in [1.54, 1.807) is 0 Å². The summed E-state index contributed by atoms with van der Waals surface area (Å²) in [5.74, 6) is 0.673. The van der Waals surface area contributed by atoms with Crippen LogP contribution in [0.25, 0.3) is 0 Å². The molecule has 2 aromatic rings. The van der Waals surface area contributed by atoms with Crippen molar-refractivity contribution < 1.29 is 0 Å². The number of aliphatic imine (C=N–C) groups is 1. The lowest BCUT2D eigenvalue weighted by Gasteiger charge is -2.15. The first-order chi connectivity index (χ1) is 11.6. The van der Waals surface area contributed by atoms with Crippen molar-refractivity contribution in [2.24, 2.45) is 4.99 Å². The van der Waals surface area contributed by atoms with E-state index in [4.69, 9.17) is 16.6 Å². The molecule has 0 fully saturated rings. The Labute approximate surface area is 148 Å². The van der Waals surface area contributed by atoms with Gasteiger partial charge in [0.05, 0.1) is 5.03 Å². The number of amidine groups is 1. The number of fused-ring (bicyclic) bond motifs is 4. The van der Waals surface area contributed by atoms with E-state index < -0.39 is 0 Å². The number of benzene rings is 2. The molecule has 0 aromatic heterocycles. The fourth-order valence-electron chi connectivity index (χ4n) is 2.80. The Balaban J connectivity index is 2.03. The van der Waals surface area contributed by atoms with Crippen molar-refractivity contribution in [1.82, 2.24) is 0 Å². The Morgan fingerprint density at radius 1 is 1.08 bits per heavy atom. The highest BCUT2D eigenvalue weighted by Gasteiger charge is 2.10. The molecule has 0 amide bonds. The van der Waals surface area contributed by atoms with Crippen LogP contribution in [0, 0.1) is 0 Å². The average Bonchev–Trinajstić information content (AvgIpc) is 2.59. The van der Waals surface area contributed by atoms with E-state index in [1.807, 2.05) is 26.0 Å². The lowest BCUT2D eigenvalue weighted by molar-refractivity contribution is 0.852. The topological polar surface area (TPSA) is 36.4 Å². The van der Waals surface area contributed by atoms with Crippen molar-refractivity contribution in [3.05, 3.63) is 70.8 Å². The summed E-state index contributed by atoms with van der Waals surface area (Å²) in [5.41, 5.74) is 4.69. The third-order valence-electron chi connectivity index (χ3n) is 4.00. The molecule has 0 saturated carbocycles. The third-order valence-corrected chi connectivity index (χ3v) is 4.39. The van der Waals surface area contributed by atoms with Crippen LogP contribution in [-0.4, -0.2) is 12.0 Å². The van der Waals surface area contributed by atoms with Gasteiger partial charge in [0.25, 0.3) is 0 Å². The normalized spacial score (nSPS) is 20.4. The highest BCUT2D eigenvalue weighted by Crippen LogP contribution is 2.19. The first kappa shape index (κ1) is 16.6. The number of anilines is 2. The number of rotatable bonds is 1. The van der Waals surface area contributed by atoms with Crippen LogP contribution in [0.3, 0.4) is 0 Å². The summed E-state index contributed by atoms with van der Waals surface area (Å²) < 4.78 is 0. The lowest BCUT2D eigenvalue weighted by Crippen LogP contribution is -2.20. The maximum Gasteiger partial charge on any atom is 0.146 e. The minimum absolute atomic E-state index is 0.0969. The molecule has 3 nitrogen and oxygen atoms in total. The molecule has 0 saturated heterocycles. The third kappa shape index (κ3) is 4.18. The highest BCUT2D eigenvalue weighted by molar-refractivity contribution is 6.44. The molecular weight excluding hydrogens is 318 g/mol. The number of nitrogens with zero attached hydrogens (tertiary/aromatic N) is 1. The van der Waals surface area contributed by atoms with Gasteiger partial charge in [0, 0.05) is 11.4 Å². The van der Waals surface area contributed by atoms with Gasteiger partial charge in [-0.15, -0.1) is 0 Å². The fraction of sp³-hybridized carbons (Fsp3) is 0.250. The van der Waals surface area contributed by atoms with Crippen molar-refractivity contribution >= 4 is 28.8 Å². The van der Waals surface area contributed by atoms with Crippen molar-refractivity contribution in [3.8, 4) is 0 Å². The zero-order valence-electron chi connectivity index (χ0n) is 14.0. The van der Waals surface area contributed by atoms with Crippen molar-refractivity contribution in [2.45, 2.75) is 32.9 Å². The van der Waals surface area contributed by atoms with Gasteiger partial charge in [-0.1, -0.05) is 41.9 Å². The van der Waals surface area contributed by atoms with Gasteiger partial charge in [0.2, 0.25) is 0 Å². The molecule has 1 aliphatic heterocycles. The number of halogens is 1. The summed E-state index contributed by atoms with van der Waals surface area (Å²) in [7, 11) is 0. The maximum absolute atomic E-state index is 6.35. The Kier molecular flexibility index (Phi) is 5.21. The zero-order chi connectivity index (χ0) is 16.9. The molecule has 4 bridgehead atoms. The minimum Gasteiger partial charge on any atom is -0.364 e. The largest absolute Gasteiger partial charge is 0.364 e. The molecule has 0 spiro atoms. The second-order valence-electron chi connectivity index (χ2n) is 5.96. The highest BCUT2D eigenvalue weighted by atomic mass is 35.5. The van der Waals surface area contributed by atoms with Gasteiger partial charge in [-0.3, -0.25) is 0 Å². The van der Waals surface area contributed by atoms with Crippen molar-refractivity contribution in [1.29, 1.82) is 0 Å². The molecule has 1 atom stereocenters. The van der Waals surface area contributed by atoms with E-state index in [-0.39, 0.29) is 6.17 Å². The summed E-state index contributed by atoms with van der Waals surface area (Å²) in [6.07, 6.45) is 3.76. The van der Waals surface area contributed by atoms with Gasteiger partial charge < -0.3 is 10.6 Å². The molecule has 124 valence electrons. The van der Waals surface area contributed by atoms with Crippen molar-refractivity contribution in [3.63, 3.8) is 0 Å². The second kappa shape index (κ2) is 7.54. The van der Waals surface area contributed by atoms with Crippen LogP contribution in [0.5, 0.6) is 0 Å². The lowest BCUT2D eigenvalue weighted by atomic mass is 10.0. The number of allylic oxidation sites excluding steroid dienone is 1. The van der Waals surface area contributed by atoms with Crippen LogP contribution in [0.4, 0.5) is 11.4 Å². The molecule has 3 rings (SSSR count). The summed E-state index contributed by atoms with van der Waals surface area (Å²) in [5, 5.41) is 7.39. The monoisotopic (exact) mass is 339 g/mol. The number of aryl methyl sites for hydroxylation is 2. The van der Waals surface area contributed by atoms with Gasteiger partial charge in [-0.2, -0.15) is 0 Å². The van der Waals surface area contributed by atoms with Gasteiger partial charge in [-0.05, 0) is 62.1 Å². The Morgan fingerprint density at radius 3 is 2.38 bits per heavy atom. The predicted molar refractivity (Wildman–Crippen MR) is 104 cm³/mol. The zero-order valence-corrected chi connectivity index (χ0v) is 14.8. The van der Waals surface area contributed by atoms with Gasteiger partial charge in [0.15, 0.2) is 0 Å². The SMILES string of the molecule is C/C=C(Cl)\C1=N/C(C)Nc2cccc(c2)CCc2cccc(c2)N1. The maximum atomic E-state index is 6.35. The molecule has 1 aliphatic rings. The minimum atomic E-state index is -0.0969. The van der Waals surface area contributed by atoms with Crippen LogP contribution in [-0.2, 0) is 12.8 Å². The molecular formula is C20H22ClN3. The molecule has 1 heterocycles. The summed E-state index contributed by atoms with van der Waals surface area (Å²) >= 11 is 6.35. The first-order valence-electron chi connectivity index (χ1n) is 8.25.